The van der Waals surface area contributed by atoms with Gasteiger partial charge in [0.05, 0.1) is 6.61 Å². The van der Waals surface area contributed by atoms with Crippen LogP contribution in [0.4, 0.5) is 0 Å². The summed E-state index contributed by atoms with van der Waals surface area (Å²) in [5.41, 5.74) is -0.215. The van der Waals surface area contributed by atoms with Crippen LogP contribution in [0.15, 0.2) is 10.2 Å². The average molecular weight is 178 g/mol. The van der Waals surface area contributed by atoms with E-state index in [0.717, 1.165) is 19.7 Å². The minimum atomic E-state index is -0.215. The second kappa shape index (κ2) is 3.05. The van der Waals surface area contributed by atoms with E-state index in [0.29, 0.717) is 0 Å². The topological polar surface area (TPSA) is 46.0 Å². The minimum absolute atomic E-state index is 0. The van der Waals surface area contributed by atoms with Gasteiger partial charge in [0.2, 0.25) is 5.66 Å². The molecule has 4 nitrogen and oxygen atoms in total. The van der Waals surface area contributed by atoms with Crippen molar-refractivity contribution >= 4 is 12.4 Å². The van der Waals surface area contributed by atoms with Crippen molar-refractivity contribution < 1.29 is 4.74 Å². The molecule has 0 aromatic rings. The quantitative estimate of drug-likeness (QED) is 0.637. The molecule has 0 aromatic carbocycles. The fourth-order valence-electron chi connectivity index (χ4n) is 1.12. The lowest BCUT2D eigenvalue weighted by molar-refractivity contribution is 0.00459. The first-order chi connectivity index (χ1) is 4.81. The van der Waals surface area contributed by atoms with Gasteiger partial charge < -0.3 is 10.1 Å². The summed E-state index contributed by atoms with van der Waals surface area (Å²) in [7, 11) is 0. The van der Waals surface area contributed by atoms with Crippen LogP contribution in [0.2, 0.25) is 0 Å². The molecule has 2 aliphatic heterocycles. The molecule has 1 saturated heterocycles. The first kappa shape index (κ1) is 8.90. The van der Waals surface area contributed by atoms with E-state index < -0.39 is 0 Å². The largest absolute Gasteiger partial charge is 0.371 e. The first-order valence-electron chi connectivity index (χ1n) is 3.58. The fourth-order valence-corrected chi connectivity index (χ4v) is 1.12. The molecule has 1 N–H and O–H groups in total. The van der Waals surface area contributed by atoms with E-state index >= 15 is 0 Å². The van der Waals surface area contributed by atoms with Crippen LogP contribution < -0.4 is 5.32 Å². The number of rotatable bonds is 1. The van der Waals surface area contributed by atoms with Crippen LogP contribution in [0.3, 0.4) is 0 Å². The maximum absolute atomic E-state index is 5.45. The molecule has 5 heteroatoms. The van der Waals surface area contributed by atoms with Gasteiger partial charge in [-0.1, -0.05) is 0 Å². The molecule has 1 unspecified atom stereocenters. The zero-order valence-corrected chi connectivity index (χ0v) is 7.23. The van der Waals surface area contributed by atoms with E-state index in [1.807, 2.05) is 6.92 Å². The molecule has 0 aliphatic carbocycles. The number of hydrogen-bond donors (Lipinski definition) is 1. The van der Waals surface area contributed by atoms with Crippen molar-refractivity contribution in [3.05, 3.63) is 0 Å². The molecule has 0 radical (unpaired) electrons. The van der Waals surface area contributed by atoms with Gasteiger partial charge in [0, 0.05) is 13.1 Å². The van der Waals surface area contributed by atoms with Gasteiger partial charge in [0.25, 0.3) is 0 Å². The Balaban J connectivity index is 0.000000605. The summed E-state index contributed by atoms with van der Waals surface area (Å²) >= 11 is 0. The van der Waals surface area contributed by atoms with Crippen LogP contribution in [-0.4, -0.2) is 31.5 Å². The molecule has 2 aliphatic rings. The first-order valence-corrected chi connectivity index (χ1v) is 3.58. The second-order valence-electron chi connectivity index (χ2n) is 2.86. The second-order valence-corrected chi connectivity index (χ2v) is 2.86. The molecule has 0 saturated carbocycles. The smallest absolute Gasteiger partial charge is 0.215 e. The predicted molar refractivity (Wildman–Crippen MR) is 43.1 cm³/mol. The Morgan fingerprint density at radius 3 is 2.73 bits per heavy atom. The van der Waals surface area contributed by atoms with Crippen LogP contribution in [-0.2, 0) is 4.74 Å². The Kier molecular flexibility index (Phi) is 2.47. The molecule has 1 atom stereocenters. The van der Waals surface area contributed by atoms with Gasteiger partial charge in [0.1, 0.15) is 6.10 Å². The summed E-state index contributed by atoms with van der Waals surface area (Å²) in [4.78, 5) is 0. The monoisotopic (exact) mass is 177 g/mol. The Morgan fingerprint density at radius 1 is 1.55 bits per heavy atom. The van der Waals surface area contributed by atoms with Crippen LogP contribution in [0.5, 0.6) is 0 Å². The Labute approximate surface area is 71.8 Å². The van der Waals surface area contributed by atoms with E-state index in [1.54, 1.807) is 0 Å². The minimum Gasteiger partial charge on any atom is -0.371 e. The highest BCUT2D eigenvalue weighted by molar-refractivity contribution is 5.85. The molecule has 11 heavy (non-hydrogen) atoms. The maximum Gasteiger partial charge on any atom is 0.215 e. The summed E-state index contributed by atoms with van der Waals surface area (Å²) in [5.74, 6) is 0. The Hall–Kier alpha value is -0.190. The highest BCUT2D eigenvalue weighted by atomic mass is 35.5. The van der Waals surface area contributed by atoms with Gasteiger partial charge in [-0.05, 0) is 6.92 Å². The van der Waals surface area contributed by atoms with Crippen LogP contribution in [0.25, 0.3) is 0 Å². The van der Waals surface area contributed by atoms with Crippen molar-refractivity contribution in [2.45, 2.75) is 18.7 Å². The van der Waals surface area contributed by atoms with Crippen molar-refractivity contribution in [3.63, 3.8) is 0 Å². The fraction of sp³-hybridized carbons (Fsp3) is 1.00. The van der Waals surface area contributed by atoms with Gasteiger partial charge >= 0.3 is 0 Å². The number of nitrogens with one attached hydrogen (secondary N) is 1. The molecule has 2 rings (SSSR count). The highest BCUT2D eigenvalue weighted by Gasteiger charge is 2.44. The standard InChI is InChI=1S/C6H11N3O.ClH/c1-6(8-9-6)5-4-7-2-3-10-5;/h5,7H,2-4H2,1H3;1H. The van der Waals surface area contributed by atoms with E-state index in [4.69, 9.17) is 4.74 Å². The molecule has 2 heterocycles. The predicted octanol–water partition coefficient (Wildman–Crippen LogP) is 0.579. The van der Waals surface area contributed by atoms with Gasteiger partial charge in [-0.25, -0.2) is 0 Å². The number of hydrogen-bond acceptors (Lipinski definition) is 4. The van der Waals surface area contributed by atoms with Crippen molar-refractivity contribution in [1.29, 1.82) is 0 Å². The lowest BCUT2D eigenvalue weighted by Gasteiger charge is -2.25. The van der Waals surface area contributed by atoms with E-state index in [1.165, 1.54) is 0 Å². The zero-order chi connectivity index (χ0) is 7.03. The maximum atomic E-state index is 5.45. The molecule has 0 bridgehead atoms. The third-order valence-corrected chi connectivity index (χ3v) is 1.95. The summed E-state index contributed by atoms with van der Waals surface area (Å²) in [5, 5.41) is 11.1. The lowest BCUT2D eigenvalue weighted by atomic mass is 10.1. The molecule has 64 valence electrons. The number of nitrogens with zero attached hydrogens (tertiary/aromatic N) is 2. The van der Waals surface area contributed by atoms with Crippen molar-refractivity contribution in [2.75, 3.05) is 19.7 Å². The van der Waals surface area contributed by atoms with E-state index in [9.17, 15) is 0 Å². The van der Waals surface area contributed by atoms with Crippen LogP contribution in [0.1, 0.15) is 6.92 Å². The van der Waals surface area contributed by atoms with Crippen LogP contribution >= 0.6 is 12.4 Å². The molecular formula is C6H12ClN3O. The summed E-state index contributed by atoms with van der Waals surface area (Å²) < 4.78 is 5.45. The normalized spacial score (nSPS) is 32.6. The molecule has 0 spiro atoms. The number of ether oxygens (including phenoxy) is 1. The van der Waals surface area contributed by atoms with Gasteiger partial charge in [0.15, 0.2) is 0 Å². The SMILES string of the molecule is CC1(C2CNCCO2)N=N1.Cl. The Bertz CT molecular complexity index is 161. The number of morpholine rings is 1. The summed E-state index contributed by atoms with van der Waals surface area (Å²) in [6.07, 6.45) is 0.168. The van der Waals surface area contributed by atoms with Crippen molar-refractivity contribution in [3.8, 4) is 0 Å². The van der Waals surface area contributed by atoms with Crippen molar-refractivity contribution in [2.24, 2.45) is 10.2 Å². The summed E-state index contributed by atoms with van der Waals surface area (Å²) in [6, 6.07) is 0. The van der Waals surface area contributed by atoms with E-state index in [-0.39, 0.29) is 24.2 Å². The van der Waals surface area contributed by atoms with E-state index in [2.05, 4.69) is 15.5 Å². The molecular weight excluding hydrogens is 166 g/mol. The molecule has 0 amide bonds. The highest BCUT2D eigenvalue weighted by Crippen LogP contribution is 2.33. The van der Waals surface area contributed by atoms with Gasteiger partial charge in [-0.15, -0.1) is 12.4 Å². The molecule has 1 fully saturated rings. The summed E-state index contributed by atoms with van der Waals surface area (Å²) in [6.45, 7) is 4.60. The van der Waals surface area contributed by atoms with Crippen LogP contribution in [0, 0.1) is 0 Å². The Morgan fingerprint density at radius 2 is 2.27 bits per heavy atom. The third-order valence-electron chi connectivity index (χ3n) is 1.95. The zero-order valence-electron chi connectivity index (χ0n) is 6.41. The average Bonchev–Trinajstić information content (AvgIpc) is 2.72. The third kappa shape index (κ3) is 1.69. The van der Waals surface area contributed by atoms with Gasteiger partial charge in [-0.3, -0.25) is 0 Å². The van der Waals surface area contributed by atoms with Gasteiger partial charge in [-0.2, -0.15) is 10.2 Å². The lowest BCUT2D eigenvalue weighted by Crippen LogP contribution is -2.45. The number of halogens is 1. The molecule has 0 aromatic heterocycles. The van der Waals surface area contributed by atoms with Crippen molar-refractivity contribution in [1.82, 2.24) is 5.32 Å².